The van der Waals surface area contributed by atoms with Crippen LogP contribution in [0.3, 0.4) is 0 Å². The molecule has 19 heavy (non-hydrogen) atoms. The van der Waals surface area contributed by atoms with E-state index in [1.165, 1.54) is 13.2 Å². The first-order valence-corrected chi connectivity index (χ1v) is 5.77. The Balaban J connectivity index is 2.12. The Morgan fingerprint density at radius 1 is 1.42 bits per heavy atom. The molecule has 0 saturated heterocycles. The van der Waals surface area contributed by atoms with Crippen LogP contribution in [0.2, 0.25) is 0 Å². The van der Waals surface area contributed by atoms with Gasteiger partial charge < -0.3 is 14.6 Å². The molecule has 4 nitrogen and oxygen atoms in total. The van der Waals surface area contributed by atoms with E-state index in [1.807, 2.05) is 6.20 Å². The van der Waals surface area contributed by atoms with Crippen molar-refractivity contribution in [3.63, 3.8) is 0 Å². The van der Waals surface area contributed by atoms with Crippen molar-refractivity contribution in [3.8, 4) is 11.8 Å². The number of rotatable bonds is 4. The summed E-state index contributed by atoms with van der Waals surface area (Å²) in [4.78, 5) is 0. The average molecular weight is 259 g/mol. The minimum absolute atomic E-state index is 0.336. The lowest BCUT2D eigenvalue weighted by molar-refractivity contribution is 0.414. The van der Waals surface area contributed by atoms with Gasteiger partial charge in [0.1, 0.15) is 23.3 Å². The second kappa shape index (κ2) is 5.44. The molecule has 0 unspecified atom stereocenters. The summed E-state index contributed by atoms with van der Waals surface area (Å²) >= 11 is 0. The van der Waals surface area contributed by atoms with E-state index in [1.54, 1.807) is 29.8 Å². The molecule has 2 rings (SSSR count). The van der Waals surface area contributed by atoms with E-state index in [0.717, 1.165) is 5.56 Å². The molecular formula is C14H14FN3O. The van der Waals surface area contributed by atoms with Crippen LogP contribution in [0, 0.1) is 17.1 Å². The van der Waals surface area contributed by atoms with Crippen molar-refractivity contribution in [2.45, 2.75) is 6.54 Å². The number of nitrogens with one attached hydrogen (secondary N) is 1. The summed E-state index contributed by atoms with van der Waals surface area (Å²) in [6, 6.07) is 8.37. The van der Waals surface area contributed by atoms with Crippen LogP contribution < -0.4 is 10.1 Å². The Kier molecular flexibility index (Phi) is 3.71. The van der Waals surface area contributed by atoms with Crippen molar-refractivity contribution in [2.75, 3.05) is 12.4 Å². The quantitative estimate of drug-likeness (QED) is 0.918. The van der Waals surface area contributed by atoms with Gasteiger partial charge in [0, 0.05) is 25.9 Å². The van der Waals surface area contributed by atoms with Gasteiger partial charge in [-0.25, -0.2) is 4.39 Å². The second-order valence-electron chi connectivity index (χ2n) is 4.16. The lowest BCUT2D eigenvalue weighted by Crippen LogP contribution is -2.01. The lowest BCUT2D eigenvalue weighted by atomic mass is 10.2. The molecule has 0 amide bonds. The first-order chi connectivity index (χ1) is 9.13. The van der Waals surface area contributed by atoms with Gasteiger partial charge in [0.15, 0.2) is 0 Å². The molecule has 98 valence electrons. The molecule has 5 heteroatoms. The summed E-state index contributed by atoms with van der Waals surface area (Å²) in [6.45, 7) is 0.444. The van der Waals surface area contributed by atoms with Gasteiger partial charge in [0.25, 0.3) is 0 Å². The van der Waals surface area contributed by atoms with Gasteiger partial charge in [-0.2, -0.15) is 5.26 Å². The normalized spacial score (nSPS) is 10.0. The number of aromatic nitrogens is 1. The fraction of sp³-hybridized carbons (Fsp3) is 0.214. The van der Waals surface area contributed by atoms with Gasteiger partial charge in [-0.1, -0.05) is 0 Å². The molecule has 2 aromatic rings. The van der Waals surface area contributed by atoms with Crippen LogP contribution in [0.1, 0.15) is 11.3 Å². The van der Waals surface area contributed by atoms with E-state index in [-0.39, 0.29) is 5.82 Å². The number of ether oxygens (including phenoxy) is 1. The number of halogens is 1. The summed E-state index contributed by atoms with van der Waals surface area (Å²) in [7, 11) is 3.33. The monoisotopic (exact) mass is 259 g/mol. The summed E-state index contributed by atoms with van der Waals surface area (Å²) in [5, 5.41) is 11.9. The highest BCUT2D eigenvalue weighted by molar-refractivity contribution is 5.50. The molecule has 0 aliphatic carbocycles. The van der Waals surface area contributed by atoms with Gasteiger partial charge >= 0.3 is 0 Å². The standard InChI is InChI=1S/C14H14FN3O/c1-18-9-10(5-11(18)7-16)8-17-14-6-12(19-2)3-4-13(14)15/h3-6,9,17H,8H2,1-2H3. The molecule has 1 heterocycles. The molecule has 0 aliphatic rings. The van der Waals surface area contributed by atoms with Crippen molar-refractivity contribution in [1.82, 2.24) is 4.57 Å². The molecule has 0 spiro atoms. The molecule has 1 aromatic heterocycles. The first kappa shape index (κ1) is 13.0. The zero-order valence-corrected chi connectivity index (χ0v) is 10.8. The Morgan fingerprint density at radius 2 is 2.21 bits per heavy atom. The van der Waals surface area contributed by atoms with Crippen molar-refractivity contribution in [1.29, 1.82) is 5.26 Å². The minimum Gasteiger partial charge on any atom is -0.497 e. The van der Waals surface area contributed by atoms with Gasteiger partial charge in [0.2, 0.25) is 0 Å². The summed E-state index contributed by atoms with van der Waals surface area (Å²) in [6.07, 6.45) is 1.84. The van der Waals surface area contributed by atoms with Crippen LogP contribution >= 0.6 is 0 Å². The van der Waals surface area contributed by atoms with E-state index >= 15 is 0 Å². The smallest absolute Gasteiger partial charge is 0.146 e. The number of benzene rings is 1. The number of aryl methyl sites for hydroxylation is 1. The number of hydrogen-bond acceptors (Lipinski definition) is 3. The molecule has 0 radical (unpaired) electrons. The van der Waals surface area contributed by atoms with Crippen LogP contribution in [0.15, 0.2) is 30.5 Å². The maximum Gasteiger partial charge on any atom is 0.146 e. The number of anilines is 1. The zero-order chi connectivity index (χ0) is 13.8. The maximum absolute atomic E-state index is 13.6. The molecule has 1 N–H and O–H groups in total. The predicted molar refractivity (Wildman–Crippen MR) is 70.4 cm³/mol. The molecule has 0 saturated carbocycles. The fourth-order valence-corrected chi connectivity index (χ4v) is 1.80. The van der Waals surface area contributed by atoms with Crippen molar-refractivity contribution in [3.05, 3.63) is 47.5 Å². The largest absolute Gasteiger partial charge is 0.497 e. The summed E-state index contributed by atoms with van der Waals surface area (Å²) in [5.41, 5.74) is 1.87. The van der Waals surface area contributed by atoms with E-state index in [4.69, 9.17) is 10.00 Å². The van der Waals surface area contributed by atoms with E-state index in [2.05, 4.69) is 11.4 Å². The Hall–Kier alpha value is -2.48. The van der Waals surface area contributed by atoms with Crippen LogP contribution in [0.4, 0.5) is 10.1 Å². The topological polar surface area (TPSA) is 50.0 Å². The molecule has 0 fully saturated rings. The van der Waals surface area contributed by atoms with Crippen molar-refractivity contribution < 1.29 is 9.13 Å². The van der Waals surface area contributed by atoms with Crippen LogP contribution in [0.25, 0.3) is 0 Å². The maximum atomic E-state index is 13.6. The number of nitrogens with zero attached hydrogens (tertiary/aromatic N) is 2. The van der Waals surface area contributed by atoms with E-state index in [9.17, 15) is 4.39 Å². The molecule has 0 bridgehead atoms. The first-order valence-electron chi connectivity index (χ1n) is 5.77. The van der Waals surface area contributed by atoms with Gasteiger partial charge in [-0.15, -0.1) is 0 Å². The Bertz CT molecular complexity index is 628. The average Bonchev–Trinajstić information content (AvgIpc) is 2.78. The van der Waals surface area contributed by atoms with Crippen LogP contribution in [-0.4, -0.2) is 11.7 Å². The highest BCUT2D eigenvalue weighted by Gasteiger charge is 2.06. The highest BCUT2D eigenvalue weighted by atomic mass is 19.1. The number of methoxy groups -OCH3 is 1. The Morgan fingerprint density at radius 3 is 2.84 bits per heavy atom. The van der Waals surface area contributed by atoms with Gasteiger partial charge in [-0.3, -0.25) is 0 Å². The minimum atomic E-state index is -0.336. The van der Waals surface area contributed by atoms with Crippen molar-refractivity contribution >= 4 is 5.69 Å². The SMILES string of the molecule is COc1ccc(F)c(NCc2cc(C#N)n(C)c2)c1. The molecule has 0 aliphatic heterocycles. The zero-order valence-electron chi connectivity index (χ0n) is 10.8. The summed E-state index contributed by atoms with van der Waals surface area (Å²) in [5.74, 6) is 0.256. The van der Waals surface area contributed by atoms with Crippen molar-refractivity contribution in [2.24, 2.45) is 7.05 Å². The Labute approximate surface area is 111 Å². The number of hydrogen-bond donors (Lipinski definition) is 1. The lowest BCUT2D eigenvalue weighted by Gasteiger charge is -2.08. The fourth-order valence-electron chi connectivity index (χ4n) is 1.80. The molecule has 1 aromatic carbocycles. The van der Waals surface area contributed by atoms with E-state index in [0.29, 0.717) is 23.7 Å². The third kappa shape index (κ3) is 2.86. The number of nitriles is 1. The third-order valence-electron chi connectivity index (χ3n) is 2.83. The van der Waals surface area contributed by atoms with Crippen LogP contribution in [-0.2, 0) is 13.6 Å². The second-order valence-corrected chi connectivity index (χ2v) is 4.16. The van der Waals surface area contributed by atoms with Crippen LogP contribution in [0.5, 0.6) is 5.75 Å². The summed E-state index contributed by atoms with van der Waals surface area (Å²) < 4.78 is 20.4. The van der Waals surface area contributed by atoms with Gasteiger partial charge in [0.05, 0.1) is 12.8 Å². The predicted octanol–water partition coefficient (Wildman–Crippen LogP) is 2.66. The van der Waals surface area contributed by atoms with E-state index < -0.39 is 0 Å². The third-order valence-corrected chi connectivity index (χ3v) is 2.83. The molecule has 0 atom stereocenters. The molecular weight excluding hydrogens is 245 g/mol. The highest BCUT2D eigenvalue weighted by Crippen LogP contribution is 2.21. The van der Waals surface area contributed by atoms with Gasteiger partial charge in [-0.05, 0) is 23.8 Å².